The maximum Gasteiger partial charge on any atom is 0.271 e. The number of benzene rings is 2. The highest BCUT2D eigenvalue weighted by molar-refractivity contribution is 7.90. The molecule has 2 saturated heterocycles. The highest BCUT2D eigenvalue weighted by Gasteiger charge is 2.43. The number of nitrogens with zero attached hydrogens (tertiary/aromatic N) is 2. The maximum atomic E-state index is 12.9. The van der Waals surface area contributed by atoms with Crippen LogP contribution in [-0.4, -0.2) is 62.1 Å². The van der Waals surface area contributed by atoms with Crippen molar-refractivity contribution in [2.45, 2.75) is 75.3 Å². The van der Waals surface area contributed by atoms with Crippen LogP contribution in [0.5, 0.6) is 5.75 Å². The molecule has 1 amide bonds. The molecule has 0 saturated carbocycles. The second-order valence-electron chi connectivity index (χ2n) is 10.9. The van der Waals surface area contributed by atoms with Gasteiger partial charge in [-0.3, -0.25) is 9.69 Å². The van der Waals surface area contributed by atoms with E-state index in [-0.39, 0.29) is 22.6 Å². The van der Waals surface area contributed by atoms with E-state index in [1.807, 2.05) is 18.2 Å². The summed E-state index contributed by atoms with van der Waals surface area (Å²) < 4.78 is 38.6. The van der Waals surface area contributed by atoms with Crippen LogP contribution in [0.15, 0.2) is 53.4 Å². The van der Waals surface area contributed by atoms with Crippen LogP contribution < -0.4 is 4.74 Å². The smallest absolute Gasteiger partial charge is 0.271 e. The Labute approximate surface area is 220 Å². The van der Waals surface area contributed by atoms with E-state index in [1.54, 1.807) is 12.1 Å². The van der Waals surface area contributed by atoms with Gasteiger partial charge in [0.15, 0.2) is 6.73 Å². The molecule has 8 heteroatoms. The lowest BCUT2D eigenvalue weighted by Gasteiger charge is -2.49. The first kappa shape index (κ1) is 26.2. The number of hydrogen-bond donors (Lipinski definition) is 0. The number of likely N-dealkylation sites (tertiary alicyclic amines) is 1. The molecule has 4 unspecified atom stereocenters. The van der Waals surface area contributed by atoms with Crippen LogP contribution in [0.25, 0.3) is 0 Å². The lowest BCUT2D eigenvalue weighted by Crippen LogP contribution is -2.54. The first-order chi connectivity index (χ1) is 17.8. The van der Waals surface area contributed by atoms with Crippen LogP contribution in [0.2, 0.25) is 0 Å². The molecule has 3 aliphatic heterocycles. The number of ether oxygens (including phenoxy) is 2. The molecule has 0 bridgehead atoms. The highest BCUT2D eigenvalue weighted by atomic mass is 32.2. The van der Waals surface area contributed by atoms with Gasteiger partial charge in [0.25, 0.3) is 15.9 Å². The number of fused-ring (bicyclic) bond motifs is 1. The number of piperidine rings is 1. The Morgan fingerprint density at radius 1 is 1.16 bits per heavy atom. The van der Waals surface area contributed by atoms with E-state index >= 15 is 0 Å². The lowest BCUT2D eigenvalue weighted by molar-refractivity contribution is -0.0583. The predicted octanol–water partition coefficient (Wildman–Crippen LogP) is 4.81. The summed E-state index contributed by atoms with van der Waals surface area (Å²) in [6.45, 7) is 9.47. The minimum absolute atomic E-state index is 0.0344. The molecule has 200 valence electrons. The van der Waals surface area contributed by atoms with Gasteiger partial charge in [0.05, 0.1) is 11.7 Å². The molecular weight excluding hydrogens is 488 g/mol. The van der Waals surface area contributed by atoms with Gasteiger partial charge in [0.1, 0.15) is 10.6 Å². The molecule has 2 aromatic carbocycles. The predicted molar refractivity (Wildman–Crippen MR) is 142 cm³/mol. The van der Waals surface area contributed by atoms with Crippen molar-refractivity contribution in [3.63, 3.8) is 0 Å². The summed E-state index contributed by atoms with van der Waals surface area (Å²) in [6, 6.07) is 14.7. The van der Waals surface area contributed by atoms with Crippen molar-refractivity contribution in [3.8, 4) is 5.75 Å². The van der Waals surface area contributed by atoms with Crippen molar-refractivity contribution in [2.75, 3.05) is 26.4 Å². The zero-order valence-corrected chi connectivity index (χ0v) is 22.9. The average Bonchev–Trinajstić information content (AvgIpc) is 3.11. The fraction of sp³-hybridized carbons (Fsp3) is 0.552. The van der Waals surface area contributed by atoms with E-state index < -0.39 is 15.9 Å². The summed E-state index contributed by atoms with van der Waals surface area (Å²) in [5, 5.41) is 0. The molecule has 3 heterocycles. The van der Waals surface area contributed by atoms with Crippen molar-refractivity contribution in [2.24, 2.45) is 5.92 Å². The van der Waals surface area contributed by atoms with Crippen molar-refractivity contribution in [1.29, 1.82) is 0 Å². The van der Waals surface area contributed by atoms with E-state index in [0.717, 1.165) is 43.3 Å². The Morgan fingerprint density at radius 2 is 1.97 bits per heavy atom. The quantitative estimate of drug-likeness (QED) is 0.515. The van der Waals surface area contributed by atoms with E-state index in [1.165, 1.54) is 30.5 Å². The van der Waals surface area contributed by atoms with Gasteiger partial charge < -0.3 is 9.47 Å². The molecule has 3 aliphatic rings. The Bertz CT molecular complexity index is 1240. The molecule has 2 aromatic rings. The summed E-state index contributed by atoms with van der Waals surface area (Å²) in [5.41, 5.74) is 1.34. The molecule has 0 spiro atoms. The molecule has 4 atom stereocenters. The first-order valence-electron chi connectivity index (χ1n) is 13.5. The van der Waals surface area contributed by atoms with Gasteiger partial charge in [0, 0.05) is 19.2 Å². The lowest BCUT2D eigenvalue weighted by atomic mass is 9.67. The number of carbonyl (C=O) groups is 1. The van der Waals surface area contributed by atoms with E-state index in [2.05, 4.69) is 31.7 Å². The van der Waals surface area contributed by atoms with E-state index in [9.17, 15) is 13.2 Å². The summed E-state index contributed by atoms with van der Waals surface area (Å²) >= 11 is 0. The standard InChI is InChI=1S/C29H38N2O5S/c1-4-25(26-13-7-8-17-35-26)30-16-15-29(3,21(2)19-30)22-10-9-11-23(18-22)36-20-31-28(32)24-12-5-6-14-27(24)37(31,33)34/h5-6,9-12,14,18,21,25-26H,4,7-8,13,15-17,19-20H2,1-3H3. The van der Waals surface area contributed by atoms with Crippen molar-refractivity contribution < 1.29 is 22.7 Å². The Kier molecular flexibility index (Phi) is 7.35. The molecular formula is C29H38N2O5S. The third kappa shape index (κ3) is 4.79. The molecule has 0 aliphatic carbocycles. The van der Waals surface area contributed by atoms with Gasteiger partial charge in [0.2, 0.25) is 0 Å². The Hall–Kier alpha value is -2.42. The third-order valence-corrected chi connectivity index (χ3v) is 10.6. The normalized spacial score (nSPS) is 28.6. The van der Waals surface area contributed by atoms with Gasteiger partial charge in [-0.15, -0.1) is 0 Å². The summed E-state index contributed by atoms with van der Waals surface area (Å²) in [5.74, 6) is 0.436. The average molecular weight is 527 g/mol. The molecule has 37 heavy (non-hydrogen) atoms. The number of carbonyl (C=O) groups excluding carboxylic acids is 1. The van der Waals surface area contributed by atoms with Crippen LogP contribution >= 0.6 is 0 Å². The van der Waals surface area contributed by atoms with Crippen LogP contribution in [-0.2, 0) is 20.2 Å². The fourth-order valence-electron chi connectivity index (χ4n) is 6.25. The molecule has 0 N–H and O–H groups in total. The van der Waals surface area contributed by atoms with E-state index in [0.29, 0.717) is 23.8 Å². The van der Waals surface area contributed by atoms with Gasteiger partial charge in [-0.25, -0.2) is 8.42 Å². The van der Waals surface area contributed by atoms with E-state index in [4.69, 9.17) is 9.47 Å². The number of amides is 1. The monoisotopic (exact) mass is 526 g/mol. The molecule has 7 nitrogen and oxygen atoms in total. The minimum atomic E-state index is -3.90. The molecule has 5 rings (SSSR count). The van der Waals surface area contributed by atoms with Gasteiger partial charge >= 0.3 is 0 Å². The Morgan fingerprint density at radius 3 is 2.68 bits per heavy atom. The van der Waals surface area contributed by atoms with Gasteiger partial charge in [-0.1, -0.05) is 45.0 Å². The topological polar surface area (TPSA) is 76.2 Å². The van der Waals surface area contributed by atoms with Crippen LogP contribution in [0.3, 0.4) is 0 Å². The largest absolute Gasteiger partial charge is 0.472 e. The van der Waals surface area contributed by atoms with Crippen LogP contribution in [0.1, 0.15) is 68.8 Å². The summed E-state index contributed by atoms with van der Waals surface area (Å²) in [4.78, 5) is 15.4. The maximum absolute atomic E-state index is 12.9. The number of hydrogen-bond acceptors (Lipinski definition) is 6. The summed E-state index contributed by atoms with van der Waals surface area (Å²) in [7, 11) is -3.90. The minimum Gasteiger partial charge on any atom is -0.472 e. The Balaban J connectivity index is 1.27. The van der Waals surface area contributed by atoms with Gasteiger partial charge in [-0.2, -0.15) is 4.31 Å². The fourth-order valence-corrected chi connectivity index (χ4v) is 7.68. The second-order valence-corrected chi connectivity index (χ2v) is 12.7. The van der Waals surface area contributed by atoms with Crippen LogP contribution in [0, 0.1) is 5.92 Å². The molecule has 2 fully saturated rings. The third-order valence-electron chi connectivity index (χ3n) is 8.80. The number of sulfonamides is 1. The van der Waals surface area contributed by atoms with Gasteiger partial charge in [-0.05, 0) is 79.8 Å². The first-order valence-corrected chi connectivity index (χ1v) is 14.9. The molecule has 0 radical (unpaired) electrons. The highest BCUT2D eigenvalue weighted by Crippen LogP contribution is 2.42. The SMILES string of the molecule is CCC(C1CCCCO1)N1CCC(C)(c2cccc(OCN3C(=O)c4ccccc4S3(=O)=O)c2)C(C)C1. The van der Waals surface area contributed by atoms with Crippen molar-refractivity contribution >= 4 is 15.9 Å². The van der Waals surface area contributed by atoms with Crippen LogP contribution in [0.4, 0.5) is 0 Å². The summed E-state index contributed by atoms with van der Waals surface area (Å²) in [6.07, 6.45) is 6.04. The van der Waals surface area contributed by atoms with Crippen molar-refractivity contribution in [1.82, 2.24) is 9.21 Å². The van der Waals surface area contributed by atoms with Crippen molar-refractivity contribution in [3.05, 3.63) is 59.7 Å². The zero-order valence-electron chi connectivity index (χ0n) is 22.1. The molecule has 0 aromatic heterocycles. The number of rotatable bonds is 7. The second kappa shape index (κ2) is 10.4. The zero-order chi connectivity index (χ0) is 26.2.